The average Bonchev–Trinajstić information content (AvgIpc) is 3.28. The molecule has 1 saturated heterocycles. The second-order valence-corrected chi connectivity index (χ2v) is 7.94. The lowest BCUT2D eigenvalue weighted by Gasteiger charge is -2.35. The van der Waals surface area contributed by atoms with Crippen LogP contribution in [0.1, 0.15) is 31.7 Å². The second-order valence-electron chi connectivity index (χ2n) is 7.02. The summed E-state index contributed by atoms with van der Waals surface area (Å²) >= 11 is 3.46. The Hall–Kier alpha value is -0.870. The van der Waals surface area contributed by atoms with Gasteiger partial charge in [0.25, 0.3) is 0 Å². The highest BCUT2D eigenvalue weighted by atomic mass is 79.9. The molecule has 1 heterocycles. The van der Waals surface area contributed by atoms with Crippen LogP contribution in [0.15, 0.2) is 28.7 Å². The van der Waals surface area contributed by atoms with Crippen molar-refractivity contribution in [3.05, 3.63) is 34.3 Å². The molecule has 3 nitrogen and oxygen atoms in total. The molecule has 0 bridgehead atoms. The van der Waals surface area contributed by atoms with Gasteiger partial charge in [0.05, 0.1) is 0 Å². The lowest BCUT2D eigenvalue weighted by Crippen LogP contribution is -2.50. The van der Waals surface area contributed by atoms with Gasteiger partial charge in [-0.3, -0.25) is 9.69 Å². The molecule has 4 heteroatoms. The first-order valence-corrected chi connectivity index (χ1v) is 9.10. The minimum atomic E-state index is 0.220. The van der Waals surface area contributed by atoms with Crippen LogP contribution in [0.5, 0.6) is 0 Å². The van der Waals surface area contributed by atoms with Crippen LogP contribution in [0.2, 0.25) is 0 Å². The average molecular weight is 365 g/mol. The molecule has 2 aliphatic rings. The highest BCUT2D eigenvalue weighted by Crippen LogP contribution is 2.48. The Morgan fingerprint density at radius 2 is 1.82 bits per heavy atom. The van der Waals surface area contributed by atoms with Crippen LogP contribution >= 0.6 is 15.9 Å². The van der Waals surface area contributed by atoms with Crippen LogP contribution in [-0.4, -0.2) is 48.4 Å². The molecule has 0 spiro atoms. The number of nitrogens with zero attached hydrogens (tertiary/aromatic N) is 2. The van der Waals surface area contributed by atoms with Gasteiger partial charge in [-0.05, 0) is 36.0 Å². The van der Waals surface area contributed by atoms with E-state index in [1.165, 1.54) is 5.56 Å². The van der Waals surface area contributed by atoms with Crippen molar-refractivity contribution in [2.75, 3.05) is 32.7 Å². The number of piperazine rings is 1. The molecular weight excluding hydrogens is 340 g/mol. The molecule has 1 aromatic carbocycles. The summed E-state index contributed by atoms with van der Waals surface area (Å²) in [6.45, 7) is 9.51. The van der Waals surface area contributed by atoms with Crippen molar-refractivity contribution in [2.24, 2.45) is 11.8 Å². The number of carbonyl (C=O) groups is 1. The van der Waals surface area contributed by atoms with Crippen molar-refractivity contribution in [1.82, 2.24) is 9.80 Å². The first kappa shape index (κ1) is 16.0. The van der Waals surface area contributed by atoms with Gasteiger partial charge in [-0.25, -0.2) is 0 Å². The van der Waals surface area contributed by atoms with Crippen LogP contribution < -0.4 is 0 Å². The number of benzene rings is 1. The maximum atomic E-state index is 12.6. The summed E-state index contributed by atoms with van der Waals surface area (Å²) in [6.07, 6.45) is 1.02. The maximum Gasteiger partial charge on any atom is 0.226 e. The molecule has 2 atom stereocenters. The zero-order valence-corrected chi connectivity index (χ0v) is 15.1. The van der Waals surface area contributed by atoms with Gasteiger partial charge in [0.2, 0.25) is 5.91 Å². The van der Waals surface area contributed by atoms with E-state index in [0.717, 1.165) is 43.6 Å². The van der Waals surface area contributed by atoms with Crippen molar-refractivity contribution in [3.8, 4) is 0 Å². The number of carbonyl (C=O) groups excluding carboxylic acids is 1. The van der Waals surface area contributed by atoms with E-state index in [1.54, 1.807) is 0 Å². The van der Waals surface area contributed by atoms with Gasteiger partial charge in [0.1, 0.15) is 0 Å². The number of hydrogen-bond acceptors (Lipinski definition) is 2. The molecule has 120 valence electrons. The molecule has 3 rings (SSSR count). The largest absolute Gasteiger partial charge is 0.340 e. The Kier molecular flexibility index (Phi) is 4.88. The number of rotatable bonds is 4. The third kappa shape index (κ3) is 3.72. The maximum absolute atomic E-state index is 12.6. The molecule has 2 unspecified atom stereocenters. The van der Waals surface area contributed by atoms with Gasteiger partial charge in [-0.15, -0.1) is 0 Å². The van der Waals surface area contributed by atoms with E-state index in [-0.39, 0.29) is 5.92 Å². The van der Waals surface area contributed by atoms with E-state index < -0.39 is 0 Å². The standard InChI is InChI=1S/C18H25BrN2O/c1-13(2)12-20-7-9-21(10-8-20)18(22)17-11-16(17)14-3-5-15(19)6-4-14/h3-6,13,16-17H,7-12H2,1-2H3. The van der Waals surface area contributed by atoms with Crippen LogP contribution in [0.4, 0.5) is 0 Å². The smallest absolute Gasteiger partial charge is 0.226 e. The molecule has 22 heavy (non-hydrogen) atoms. The fourth-order valence-corrected chi connectivity index (χ4v) is 3.71. The molecule has 1 aliphatic carbocycles. The quantitative estimate of drug-likeness (QED) is 0.817. The van der Waals surface area contributed by atoms with E-state index in [0.29, 0.717) is 17.7 Å². The van der Waals surface area contributed by atoms with Crippen molar-refractivity contribution < 1.29 is 4.79 Å². The molecule has 1 aliphatic heterocycles. The number of hydrogen-bond donors (Lipinski definition) is 0. The third-order valence-electron chi connectivity index (χ3n) is 4.71. The summed E-state index contributed by atoms with van der Waals surface area (Å²) in [5.74, 6) is 1.73. The molecule has 0 radical (unpaired) electrons. The van der Waals surface area contributed by atoms with Crippen LogP contribution in [-0.2, 0) is 4.79 Å². The van der Waals surface area contributed by atoms with Crippen LogP contribution in [0.3, 0.4) is 0 Å². The van der Waals surface area contributed by atoms with Gasteiger partial charge in [0, 0.05) is 43.1 Å². The summed E-state index contributed by atoms with van der Waals surface area (Å²) in [4.78, 5) is 17.2. The number of halogens is 1. The first-order chi connectivity index (χ1) is 10.5. The Balaban J connectivity index is 1.51. The Morgan fingerprint density at radius 3 is 2.41 bits per heavy atom. The topological polar surface area (TPSA) is 23.6 Å². The zero-order chi connectivity index (χ0) is 15.7. The molecule has 1 saturated carbocycles. The summed E-state index contributed by atoms with van der Waals surface area (Å²) in [6, 6.07) is 8.42. The van der Waals surface area contributed by atoms with Gasteiger partial charge in [-0.2, -0.15) is 0 Å². The van der Waals surface area contributed by atoms with Gasteiger partial charge < -0.3 is 4.90 Å². The molecule has 1 aromatic rings. The fraction of sp³-hybridized carbons (Fsp3) is 0.611. The molecule has 0 N–H and O–H groups in total. The van der Waals surface area contributed by atoms with Gasteiger partial charge >= 0.3 is 0 Å². The van der Waals surface area contributed by atoms with Crippen molar-refractivity contribution >= 4 is 21.8 Å². The predicted octanol–water partition coefficient (Wildman–Crippen LogP) is 3.35. The highest BCUT2D eigenvalue weighted by Gasteiger charge is 2.45. The van der Waals surface area contributed by atoms with E-state index >= 15 is 0 Å². The van der Waals surface area contributed by atoms with E-state index in [9.17, 15) is 4.79 Å². The van der Waals surface area contributed by atoms with Crippen molar-refractivity contribution in [2.45, 2.75) is 26.2 Å². The first-order valence-electron chi connectivity index (χ1n) is 8.31. The lowest BCUT2D eigenvalue weighted by molar-refractivity contribution is -0.134. The normalized spacial score (nSPS) is 25.5. The molecule has 0 aromatic heterocycles. The highest BCUT2D eigenvalue weighted by molar-refractivity contribution is 9.10. The van der Waals surface area contributed by atoms with Crippen LogP contribution in [0, 0.1) is 11.8 Å². The predicted molar refractivity (Wildman–Crippen MR) is 92.8 cm³/mol. The molecule has 1 amide bonds. The van der Waals surface area contributed by atoms with E-state index in [4.69, 9.17) is 0 Å². The summed E-state index contributed by atoms with van der Waals surface area (Å²) < 4.78 is 1.10. The van der Waals surface area contributed by atoms with Gasteiger partial charge in [-0.1, -0.05) is 41.9 Å². The van der Waals surface area contributed by atoms with E-state index in [1.807, 2.05) is 0 Å². The van der Waals surface area contributed by atoms with Crippen molar-refractivity contribution in [3.63, 3.8) is 0 Å². The Labute approximate surface area is 141 Å². The molecular formula is C18H25BrN2O. The van der Waals surface area contributed by atoms with Gasteiger partial charge in [0.15, 0.2) is 0 Å². The lowest BCUT2D eigenvalue weighted by atomic mass is 10.1. The monoisotopic (exact) mass is 364 g/mol. The van der Waals surface area contributed by atoms with Crippen LogP contribution in [0.25, 0.3) is 0 Å². The summed E-state index contributed by atoms with van der Waals surface area (Å²) in [5.41, 5.74) is 1.31. The Morgan fingerprint density at radius 1 is 1.18 bits per heavy atom. The number of amides is 1. The fourth-order valence-electron chi connectivity index (χ4n) is 3.45. The van der Waals surface area contributed by atoms with Crippen molar-refractivity contribution in [1.29, 1.82) is 0 Å². The second kappa shape index (κ2) is 6.71. The zero-order valence-electron chi connectivity index (χ0n) is 13.5. The SMILES string of the molecule is CC(C)CN1CCN(C(=O)C2CC2c2ccc(Br)cc2)CC1. The minimum absolute atomic E-state index is 0.220. The summed E-state index contributed by atoms with van der Waals surface area (Å²) in [5, 5.41) is 0. The molecule has 2 fully saturated rings. The van der Waals surface area contributed by atoms with E-state index in [2.05, 4.69) is 63.8 Å². The third-order valence-corrected chi connectivity index (χ3v) is 5.24. The minimum Gasteiger partial charge on any atom is -0.340 e. The summed E-state index contributed by atoms with van der Waals surface area (Å²) in [7, 11) is 0. The Bertz CT molecular complexity index is 520.